The van der Waals surface area contributed by atoms with E-state index < -0.39 is 0 Å². The van der Waals surface area contributed by atoms with Crippen LogP contribution in [0.15, 0.2) is 53.5 Å². The first-order chi connectivity index (χ1) is 12.7. The zero-order chi connectivity index (χ0) is 18.4. The van der Waals surface area contributed by atoms with Gasteiger partial charge in [0.25, 0.3) is 0 Å². The summed E-state index contributed by atoms with van der Waals surface area (Å²) in [6.45, 7) is 9.39. The Bertz CT molecular complexity index is 894. The van der Waals surface area contributed by atoms with Gasteiger partial charge in [-0.25, -0.2) is 9.98 Å². The van der Waals surface area contributed by atoms with Crippen molar-refractivity contribution in [2.75, 3.05) is 13.1 Å². The van der Waals surface area contributed by atoms with Gasteiger partial charge in [0.2, 0.25) is 0 Å². The Kier molecular flexibility index (Phi) is 5.89. The molecule has 0 radical (unpaired) electrons. The molecule has 2 N–H and O–H groups in total. The molecule has 26 heavy (non-hydrogen) atoms. The van der Waals surface area contributed by atoms with E-state index in [0.29, 0.717) is 6.54 Å². The molecule has 136 valence electrons. The van der Waals surface area contributed by atoms with Crippen LogP contribution in [0, 0.1) is 13.8 Å². The number of imidazole rings is 1. The third kappa shape index (κ3) is 4.42. The molecule has 0 unspecified atom stereocenters. The van der Waals surface area contributed by atoms with Crippen LogP contribution < -0.4 is 10.6 Å². The van der Waals surface area contributed by atoms with Crippen LogP contribution in [0.5, 0.6) is 0 Å². The topological polar surface area (TPSA) is 54.2 Å². The van der Waals surface area contributed by atoms with E-state index >= 15 is 0 Å². The smallest absolute Gasteiger partial charge is 0.191 e. The molecule has 0 aliphatic heterocycles. The molecule has 1 aromatic heterocycles. The highest BCUT2D eigenvalue weighted by atomic mass is 15.2. The summed E-state index contributed by atoms with van der Waals surface area (Å²) in [5.41, 5.74) is 4.70. The van der Waals surface area contributed by atoms with Gasteiger partial charge in [0, 0.05) is 19.6 Å². The lowest BCUT2D eigenvalue weighted by molar-refractivity contribution is 0.660. The number of guanidine groups is 1. The van der Waals surface area contributed by atoms with Gasteiger partial charge < -0.3 is 15.2 Å². The SMILES string of the molecule is CCNC(=NCc1cccc(C)c1)NCCn1c(C)nc2ccccc21. The van der Waals surface area contributed by atoms with Crippen molar-refractivity contribution in [2.45, 2.75) is 33.9 Å². The van der Waals surface area contributed by atoms with Crippen LogP contribution in [0.3, 0.4) is 0 Å². The number of rotatable bonds is 6. The van der Waals surface area contributed by atoms with Gasteiger partial charge >= 0.3 is 0 Å². The maximum Gasteiger partial charge on any atom is 0.191 e. The van der Waals surface area contributed by atoms with Crippen LogP contribution >= 0.6 is 0 Å². The van der Waals surface area contributed by atoms with Gasteiger partial charge in [0.15, 0.2) is 5.96 Å². The molecule has 0 aliphatic carbocycles. The lowest BCUT2D eigenvalue weighted by Crippen LogP contribution is -2.38. The summed E-state index contributed by atoms with van der Waals surface area (Å²) in [6, 6.07) is 16.7. The second-order valence-corrected chi connectivity index (χ2v) is 6.41. The Labute approximate surface area is 155 Å². The van der Waals surface area contributed by atoms with E-state index in [-0.39, 0.29) is 0 Å². The van der Waals surface area contributed by atoms with Crippen molar-refractivity contribution in [3.8, 4) is 0 Å². The Morgan fingerprint density at radius 2 is 1.92 bits per heavy atom. The Hall–Kier alpha value is -2.82. The first-order valence-corrected chi connectivity index (χ1v) is 9.17. The van der Waals surface area contributed by atoms with E-state index in [2.05, 4.69) is 83.4 Å². The minimum atomic E-state index is 0.671. The van der Waals surface area contributed by atoms with Gasteiger partial charge in [-0.3, -0.25) is 0 Å². The van der Waals surface area contributed by atoms with Crippen LogP contribution in [0.25, 0.3) is 11.0 Å². The first kappa shape index (κ1) is 18.0. The highest BCUT2D eigenvalue weighted by Crippen LogP contribution is 2.14. The van der Waals surface area contributed by atoms with Gasteiger partial charge in [0.1, 0.15) is 5.82 Å². The predicted molar refractivity (Wildman–Crippen MR) is 108 cm³/mol. The third-order valence-corrected chi connectivity index (χ3v) is 4.32. The number of hydrogen-bond acceptors (Lipinski definition) is 2. The molecule has 0 bridgehead atoms. The van der Waals surface area contributed by atoms with Crippen molar-refractivity contribution in [1.82, 2.24) is 20.2 Å². The van der Waals surface area contributed by atoms with Crippen LogP contribution in [-0.4, -0.2) is 28.6 Å². The summed E-state index contributed by atoms with van der Waals surface area (Å²) in [4.78, 5) is 9.32. The number of aromatic nitrogens is 2. The van der Waals surface area contributed by atoms with Gasteiger partial charge in [-0.15, -0.1) is 0 Å². The highest BCUT2D eigenvalue weighted by molar-refractivity contribution is 5.79. The molecule has 1 heterocycles. The quantitative estimate of drug-likeness (QED) is 0.530. The average Bonchev–Trinajstić information content (AvgIpc) is 2.95. The fraction of sp³-hybridized carbons (Fsp3) is 0.333. The van der Waals surface area contributed by atoms with Crippen LogP contribution in [0.4, 0.5) is 0 Å². The van der Waals surface area contributed by atoms with Gasteiger partial charge in [-0.2, -0.15) is 0 Å². The standard InChI is InChI=1S/C21H27N5/c1-4-22-21(24-15-18-9-7-8-16(2)14-18)23-12-13-26-17(3)25-19-10-5-6-11-20(19)26/h5-11,14H,4,12-13,15H2,1-3H3,(H2,22,23,24). The zero-order valence-corrected chi connectivity index (χ0v) is 15.8. The number of aliphatic imine (C=N–C) groups is 1. The molecule has 0 spiro atoms. The Morgan fingerprint density at radius 1 is 1.08 bits per heavy atom. The fourth-order valence-corrected chi connectivity index (χ4v) is 3.09. The second-order valence-electron chi connectivity index (χ2n) is 6.41. The lowest BCUT2D eigenvalue weighted by Gasteiger charge is -2.13. The van der Waals surface area contributed by atoms with Gasteiger partial charge in [0.05, 0.1) is 17.6 Å². The third-order valence-electron chi connectivity index (χ3n) is 4.32. The second kappa shape index (κ2) is 8.52. The lowest BCUT2D eigenvalue weighted by atomic mass is 10.1. The van der Waals surface area contributed by atoms with Gasteiger partial charge in [-0.1, -0.05) is 42.0 Å². The molecule has 0 fully saturated rings. The van der Waals surface area contributed by atoms with Crippen molar-refractivity contribution < 1.29 is 0 Å². The normalized spacial score (nSPS) is 11.7. The molecule has 5 nitrogen and oxygen atoms in total. The summed E-state index contributed by atoms with van der Waals surface area (Å²) in [7, 11) is 0. The molecule has 3 aromatic rings. The number of para-hydroxylation sites is 2. The molecular formula is C21H27N5. The molecule has 0 amide bonds. The van der Waals surface area contributed by atoms with Crippen molar-refractivity contribution in [3.63, 3.8) is 0 Å². The number of hydrogen-bond donors (Lipinski definition) is 2. The van der Waals surface area contributed by atoms with Crippen molar-refractivity contribution in [1.29, 1.82) is 0 Å². The largest absolute Gasteiger partial charge is 0.357 e. The maximum atomic E-state index is 4.70. The van der Waals surface area contributed by atoms with E-state index in [9.17, 15) is 0 Å². The number of benzene rings is 2. The molecule has 0 saturated heterocycles. The molecule has 3 rings (SSSR count). The van der Waals surface area contributed by atoms with Crippen molar-refractivity contribution >= 4 is 17.0 Å². The number of nitrogens with zero attached hydrogens (tertiary/aromatic N) is 3. The highest BCUT2D eigenvalue weighted by Gasteiger charge is 2.06. The first-order valence-electron chi connectivity index (χ1n) is 9.17. The summed E-state index contributed by atoms with van der Waals surface area (Å²) in [5, 5.41) is 6.74. The van der Waals surface area contributed by atoms with Crippen LogP contribution in [0.2, 0.25) is 0 Å². The fourth-order valence-electron chi connectivity index (χ4n) is 3.09. The van der Waals surface area contributed by atoms with Gasteiger partial charge in [-0.05, 0) is 38.5 Å². The molecule has 0 atom stereocenters. The number of fused-ring (bicyclic) bond motifs is 1. The Morgan fingerprint density at radius 3 is 2.73 bits per heavy atom. The minimum Gasteiger partial charge on any atom is -0.357 e. The molecule has 0 aliphatic rings. The van der Waals surface area contributed by atoms with E-state index in [1.165, 1.54) is 16.6 Å². The summed E-state index contributed by atoms with van der Waals surface area (Å²) >= 11 is 0. The van der Waals surface area contributed by atoms with E-state index in [1.807, 2.05) is 6.07 Å². The van der Waals surface area contributed by atoms with Crippen LogP contribution in [-0.2, 0) is 13.1 Å². The molecule has 5 heteroatoms. The summed E-state index contributed by atoms with van der Waals surface area (Å²) < 4.78 is 2.24. The van der Waals surface area contributed by atoms with E-state index in [0.717, 1.165) is 36.9 Å². The van der Waals surface area contributed by atoms with Crippen molar-refractivity contribution in [3.05, 3.63) is 65.5 Å². The molecule has 0 saturated carbocycles. The Balaban J connectivity index is 1.63. The number of nitrogens with one attached hydrogen (secondary N) is 2. The van der Waals surface area contributed by atoms with Crippen molar-refractivity contribution in [2.24, 2.45) is 4.99 Å². The van der Waals surface area contributed by atoms with E-state index in [1.54, 1.807) is 0 Å². The monoisotopic (exact) mass is 349 g/mol. The van der Waals surface area contributed by atoms with Crippen LogP contribution in [0.1, 0.15) is 23.9 Å². The predicted octanol–water partition coefficient (Wildman–Crippen LogP) is 3.41. The minimum absolute atomic E-state index is 0.671. The molecule has 2 aromatic carbocycles. The summed E-state index contributed by atoms with van der Waals surface area (Å²) in [6.07, 6.45) is 0. The molecular weight excluding hydrogens is 322 g/mol. The zero-order valence-electron chi connectivity index (χ0n) is 15.8. The van der Waals surface area contributed by atoms with E-state index in [4.69, 9.17) is 4.99 Å². The average molecular weight is 349 g/mol. The summed E-state index contributed by atoms with van der Waals surface area (Å²) in [5.74, 6) is 1.88. The maximum absolute atomic E-state index is 4.70. The number of aryl methyl sites for hydroxylation is 2.